The van der Waals surface area contributed by atoms with Crippen molar-refractivity contribution in [3.05, 3.63) is 81.4 Å². The summed E-state index contributed by atoms with van der Waals surface area (Å²) in [5.41, 5.74) is 1.35. The lowest BCUT2D eigenvalue weighted by Gasteiger charge is -2.12. The third-order valence-electron chi connectivity index (χ3n) is 4.33. The molecule has 1 aliphatic rings. The zero-order valence-corrected chi connectivity index (χ0v) is 18.1. The van der Waals surface area contributed by atoms with Crippen LogP contribution in [-0.2, 0) is 9.59 Å². The van der Waals surface area contributed by atoms with Crippen LogP contribution in [0.25, 0.3) is 17.4 Å². The molecule has 1 fully saturated rings. The summed E-state index contributed by atoms with van der Waals surface area (Å²) in [6.45, 7) is -0.390. The van der Waals surface area contributed by atoms with Gasteiger partial charge >= 0.3 is 0 Å². The number of anilines is 1. The number of benzene rings is 2. The Bertz CT molecular complexity index is 1190. The van der Waals surface area contributed by atoms with Crippen LogP contribution in [0.2, 0.25) is 10.0 Å². The summed E-state index contributed by atoms with van der Waals surface area (Å²) in [6.07, 6.45) is 1.49. The lowest BCUT2D eigenvalue weighted by Crippen LogP contribution is -2.36. The summed E-state index contributed by atoms with van der Waals surface area (Å²) >= 11 is 12.5. The van der Waals surface area contributed by atoms with Crippen LogP contribution < -0.4 is 5.32 Å². The number of rotatable bonds is 5. The molecule has 2 aromatic carbocycles. The molecule has 0 atom stereocenters. The summed E-state index contributed by atoms with van der Waals surface area (Å²) in [6, 6.07) is 17.1. The van der Waals surface area contributed by atoms with Gasteiger partial charge in [-0.2, -0.15) is 0 Å². The lowest BCUT2D eigenvalue weighted by molar-refractivity contribution is -0.127. The number of amides is 3. The molecular weight excluding hydrogens is 459 g/mol. The molecule has 4 rings (SSSR count). The molecule has 0 unspecified atom stereocenters. The molecule has 1 aliphatic heterocycles. The number of hydrogen-bond acceptors (Lipinski definition) is 5. The van der Waals surface area contributed by atoms with Crippen molar-refractivity contribution in [2.45, 2.75) is 0 Å². The maximum Gasteiger partial charge on any atom is 0.294 e. The molecule has 31 heavy (non-hydrogen) atoms. The minimum absolute atomic E-state index is 0.182. The first-order chi connectivity index (χ1) is 14.9. The zero-order valence-electron chi connectivity index (χ0n) is 15.8. The Hall–Kier alpha value is -3.00. The Morgan fingerprint density at radius 2 is 1.61 bits per heavy atom. The van der Waals surface area contributed by atoms with E-state index >= 15 is 0 Å². The second kappa shape index (κ2) is 9.01. The van der Waals surface area contributed by atoms with Crippen molar-refractivity contribution in [2.24, 2.45) is 0 Å². The first-order valence-electron chi connectivity index (χ1n) is 9.05. The quantitative estimate of drug-likeness (QED) is 0.465. The highest BCUT2D eigenvalue weighted by atomic mass is 35.5. The summed E-state index contributed by atoms with van der Waals surface area (Å²) in [4.78, 5) is 38.2. The van der Waals surface area contributed by atoms with Gasteiger partial charge in [-0.05, 0) is 72.4 Å². The van der Waals surface area contributed by atoms with Gasteiger partial charge in [-0.1, -0.05) is 23.2 Å². The molecular formula is C22H14Cl2N2O4S. The lowest BCUT2D eigenvalue weighted by atomic mass is 10.2. The average molecular weight is 473 g/mol. The summed E-state index contributed by atoms with van der Waals surface area (Å²) in [5.74, 6) is -0.0230. The third-order valence-corrected chi connectivity index (χ3v) is 5.74. The average Bonchev–Trinajstić information content (AvgIpc) is 3.31. The van der Waals surface area contributed by atoms with Gasteiger partial charge < -0.3 is 9.73 Å². The highest BCUT2D eigenvalue weighted by Gasteiger charge is 2.36. The largest absolute Gasteiger partial charge is 0.457 e. The molecule has 0 spiro atoms. The van der Waals surface area contributed by atoms with Crippen LogP contribution in [0.5, 0.6) is 0 Å². The summed E-state index contributed by atoms with van der Waals surface area (Å²) < 4.78 is 5.76. The van der Waals surface area contributed by atoms with E-state index in [0.717, 1.165) is 22.2 Å². The Morgan fingerprint density at radius 1 is 0.968 bits per heavy atom. The number of hydrogen-bond donors (Lipinski definition) is 1. The third kappa shape index (κ3) is 5.02. The Morgan fingerprint density at radius 3 is 2.29 bits per heavy atom. The molecule has 1 aromatic heterocycles. The van der Waals surface area contributed by atoms with Gasteiger partial charge in [0.15, 0.2) is 0 Å². The molecule has 0 bridgehead atoms. The van der Waals surface area contributed by atoms with Crippen LogP contribution in [0.15, 0.2) is 70.0 Å². The summed E-state index contributed by atoms with van der Waals surface area (Å²) in [7, 11) is 0. The van der Waals surface area contributed by atoms with E-state index in [-0.39, 0.29) is 4.91 Å². The van der Waals surface area contributed by atoms with Gasteiger partial charge in [0.05, 0.1) is 4.91 Å². The van der Waals surface area contributed by atoms with Gasteiger partial charge in [0.1, 0.15) is 18.1 Å². The second-order valence-electron chi connectivity index (χ2n) is 6.53. The van der Waals surface area contributed by atoms with E-state index in [1.807, 2.05) is 12.1 Å². The normalized spacial score (nSPS) is 15.0. The van der Waals surface area contributed by atoms with E-state index in [4.69, 9.17) is 27.6 Å². The predicted molar refractivity (Wildman–Crippen MR) is 122 cm³/mol. The fraction of sp³-hybridized carbons (Fsp3) is 0.0455. The van der Waals surface area contributed by atoms with Gasteiger partial charge in [-0.3, -0.25) is 19.3 Å². The van der Waals surface area contributed by atoms with Crippen molar-refractivity contribution in [3.8, 4) is 11.3 Å². The molecule has 1 N–H and O–H groups in total. The number of carbonyl (C=O) groups is 3. The first kappa shape index (κ1) is 21.2. The Labute approximate surface area is 191 Å². The van der Waals surface area contributed by atoms with Gasteiger partial charge in [-0.25, -0.2) is 0 Å². The van der Waals surface area contributed by atoms with Crippen molar-refractivity contribution >= 4 is 63.8 Å². The highest BCUT2D eigenvalue weighted by Crippen LogP contribution is 2.33. The van der Waals surface area contributed by atoms with Crippen LogP contribution in [0, 0.1) is 0 Å². The van der Waals surface area contributed by atoms with Crippen molar-refractivity contribution in [2.75, 3.05) is 11.9 Å². The molecule has 3 aromatic rings. The molecule has 1 saturated heterocycles. The molecule has 0 aliphatic carbocycles. The number of imide groups is 1. The second-order valence-corrected chi connectivity index (χ2v) is 8.40. The summed E-state index contributed by atoms with van der Waals surface area (Å²) in [5, 5.41) is 3.25. The van der Waals surface area contributed by atoms with E-state index in [2.05, 4.69) is 5.32 Å². The highest BCUT2D eigenvalue weighted by molar-refractivity contribution is 8.18. The fourth-order valence-electron chi connectivity index (χ4n) is 2.84. The molecule has 0 radical (unpaired) electrons. The van der Waals surface area contributed by atoms with E-state index < -0.39 is 23.6 Å². The Balaban J connectivity index is 1.44. The van der Waals surface area contributed by atoms with E-state index in [1.54, 1.807) is 48.5 Å². The van der Waals surface area contributed by atoms with Crippen molar-refractivity contribution in [3.63, 3.8) is 0 Å². The number of thioether (sulfide) groups is 1. The molecule has 3 amide bonds. The monoisotopic (exact) mass is 472 g/mol. The number of halogens is 2. The minimum Gasteiger partial charge on any atom is -0.457 e. The standard InChI is InChI=1S/C22H14Cl2N2O4S/c23-14-3-1-13(2-4-14)18-10-9-17(30-18)11-19-21(28)26(22(29)31-19)12-20(27)25-16-7-5-15(24)6-8-16/h1-11H,12H2,(H,25,27)/b19-11+. The number of nitrogens with zero attached hydrogens (tertiary/aromatic N) is 1. The molecule has 2 heterocycles. The smallest absolute Gasteiger partial charge is 0.294 e. The van der Waals surface area contributed by atoms with Gasteiger partial charge in [0.2, 0.25) is 5.91 Å². The number of nitrogens with one attached hydrogen (secondary N) is 1. The van der Waals surface area contributed by atoms with E-state index in [0.29, 0.717) is 27.3 Å². The fourth-order valence-corrected chi connectivity index (χ4v) is 3.91. The zero-order chi connectivity index (χ0) is 22.0. The molecule has 6 nitrogen and oxygen atoms in total. The van der Waals surface area contributed by atoms with Gasteiger partial charge in [0, 0.05) is 27.4 Å². The van der Waals surface area contributed by atoms with Crippen LogP contribution in [0.1, 0.15) is 5.76 Å². The first-order valence-corrected chi connectivity index (χ1v) is 10.6. The number of carbonyl (C=O) groups excluding carboxylic acids is 3. The maximum absolute atomic E-state index is 12.6. The van der Waals surface area contributed by atoms with Crippen LogP contribution in [-0.4, -0.2) is 28.5 Å². The minimum atomic E-state index is -0.550. The Kier molecular flexibility index (Phi) is 6.18. The predicted octanol–water partition coefficient (Wildman–Crippen LogP) is 5.93. The maximum atomic E-state index is 12.6. The topological polar surface area (TPSA) is 79.6 Å². The SMILES string of the molecule is O=C(CN1C(=O)S/C(=C/c2ccc(-c3ccc(Cl)cc3)o2)C1=O)Nc1ccc(Cl)cc1. The van der Waals surface area contributed by atoms with E-state index in [9.17, 15) is 14.4 Å². The van der Waals surface area contributed by atoms with Crippen LogP contribution in [0.4, 0.5) is 10.5 Å². The van der Waals surface area contributed by atoms with Crippen LogP contribution >= 0.6 is 35.0 Å². The van der Waals surface area contributed by atoms with E-state index in [1.165, 1.54) is 6.08 Å². The number of furan rings is 1. The molecule has 156 valence electrons. The van der Waals surface area contributed by atoms with Crippen molar-refractivity contribution in [1.29, 1.82) is 0 Å². The van der Waals surface area contributed by atoms with Gasteiger partial charge in [0.25, 0.3) is 11.1 Å². The van der Waals surface area contributed by atoms with Crippen LogP contribution in [0.3, 0.4) is 0 Å². The van der Waals surface area contributed by atoms with Gasteiger partial charge in [-0.15, -0.1) is 0 Å². The van der Waals surface area contributed by atoms with Crippen molar-refractivity contribution < 1.29 is 18.8 Å². The van der Waals surface area contributed by atoms with Crippen molar-refractivity contribution in [1.82, 2.24) is 4.90 Å². The molecule has 0 saturated carbocycles. The molecule has 9 heteroatoms.